The normalized spacial score (nSPS) is 25.7. The van der Waals surface area contributed by atoms with Gasteiger partial charge in [0.15, 0.2) is 11.4 Å². The molecule has 0 unspecified atom stereocenters. The Kier molecular flexibility index (Phi) is 3.23. The molecule has 5 heteroatoms. The number of allylic oxidation sites excluding steroid dienone is 1. The number of rotatable bonds is 3. The van der Waals surface area contributed by atoms with E-state index in [4.69, 9.17) is 5.11 Å². The van der Waals surface area contributed by atoms with Gasteiger partial charge in [-0.2, -0.15) is 0 Å². The number of benzene rings is 1. The Balaban J connectivity index is 2.47. The van der Waals surface area contributed by atoms with E-state index in [1.807, 2.05) is 0 Å². The molecule has 0 heterocycles. The van der Waals surface area contributed by atoms with Crippen molar-refractivity contribution in [2.75, 3.05) is 0 Å². The molecule has 0 fully saturated rings. The summed E-state index contributed by atoms with van der Waals surface area (Å²) in [6, 6.07) is 7.86. The van der Waals surface area contributed by atoms with Crippen molar-refractivity contribution < 1.29 is 24.9 Å². The molecular formula is C14H12O5. The average molecular weight is 260 g/mol. The van der Waals surface area contributed by atoms with Gasteiger partial charge in [-0.3, -0.25) is 9.59 Å². The molecule has 1 aromatic rings. The summed E-state index contributed by atoms with van der Waals surface area (Å²) in [6.45, 7) is 0. The number of hydrogen-bond donors (Lipinski definition) is 3. The van der Waals surface area contributed by atoms with Gasteiger partial charge in [-0.05, 0) is 12.2 Å². The summed E-state index contributed by atoms with van der Waals surface area (Å²) in [5.74, 6) is -3.89. The Labute approximate surface area is 109 Å². The summed E-state index contributed by atoms with van der Waals surface area (Å²) in [6.07, 6.45) is 3.10. The Hall–Kier alpha value is -2.40. The molecule has 0 amide bonds. The first kappa shape index (κ1) is 13.0. The van der Waals surface area contributed by atoms with Crippen LogP contribution in [-0.2, 0) is 4.79 Å². The van der Waals surface area contributed by atoms with Gasteiger partial charge in [-0.25, -0.2) is 0 Å². The molecule has 0 bridgehead atoms. The number of carbonyl (C=O) groups is 2. The number of hydrogen-bond acceptors (Lipinski definition) is 4. The molecule has 3 N–H and O–H groups in total. The zero-order valence-electron chi connectivity index (χ0n) is 9.85. The largest absolute Gasteiger partial charge is 0.508 e. The van der Waals surface area contributed by atoms with Crippen molar-refractivity contribution in [3.8, 4) is 0 Å². The van der Waals surface area contributed by atoms with E-state index in [0.717, 1.165) is 18.2 Å². The molecule has 2 rings (SSSR count). The third-order valence-corrected chi connectivity index (χ3v) is 2.97. The maximum absolute atomic E-state index is 12.3. The molecule has 0 aromatic heterocycles. The number of carboxylic acids is 1. The Morgan fingerprint density at radius 1 is 1.16 bits per heavy atom. The highest BCUT2D eigenvalue weighted by Gasteiger charge is 2.47. The molecular weight excluding hydrogens is 248 g/mol. The van der Waals surface area contributed by atoms with Gasteiger partial charge in [-0.15, -0.1) is 0 Å². The topological polar surface area (TPSA) is 94.8 Å². The highest BCUT2D eigenvalue weighted by atomic mass is 16.4. The molecule has 5 nitrogen and oxygen atoms in total. The van der Waals surface area contributed by atoms with E-state index in [9.17, 15) is 19.8 Å². The molecule has 19 heavy (non-hydrogen) atoms. The second-order valence-corrected chi connectivity index (χ2v) is 4.26. The lowest BCUT2D eigenvalue weighted by molar-refractivity contribution is -0.144. The highest BCUT2D eigenvalue weighted by Crippen LogP contribution is 2.30. The molecule has 0 saturated heterocycles. The maximum Gasteiger partial charge on any atom is 0.314 e. The first-order valence-electron chi connectivity index (χ1n) is 5.60. The summed E-state index contributed by atoms with van der Waals surface area (Å²) in [4.78, 5) is 23.4. The van der Waals surface area contributed by atoms with Gasteiger partial charge in [0.2, 0.25) is 0 Å². The van der Waals surface area contributed by atoms with E-state index in [0.29, 0.717) is 0 Å². The molecule has 0 radical (unpaired) electrons. The van der Waals surface area contributed by atoms with Crippen molar-refractivity contribution in [2.24, 2.45) is 5.92 Å². The number of carboxylic acid groups (broad SMARTS) is 1. The van der Waals surface area contributed by atoms with Gasteiger partial charge >= 0.3 is 5.97 Å². The van der Waals surface area contributed by atoms with Gasteiger partial charge in [0.05, 0.1) is 0 Å². The lowest BCUT2D eigenvalue weighted by atomic mass is 9.78. The fourth-order valence-electron chi connectivity index (χ4n) is 2.00. The fourth-order valence-corrected chi connectivity index (χ4v) is 2.00. The van der Waals surface area contributed by atoms with Crippen LogP contribution in [0.5, 0.6) is 0 Å². The molecule has 1 aromatic carbocycles. The SMILES string of the molecule is O=C(O)[C@H]1C=CC(O)=C[C@@]1(O)C(=O)c1ccccc1. The smallest absolute Gasteiger partial charge is 0.314 e. The molecule has 1 aliphatic carbocycles. The van der Waals surface area contributed by atoms with Crippen molar-refractivity contribution in [2.45, 2.75) is 5.60 Å². The van der Waals surface area contributed by atoms with E-state index in [1.165, 1.54) is 12.1 Å². The molecule has 0 spiro atoms. The van der Waals surface area contributed by atoms with E-state index >= 15 is 0 Å². The average Bonchev–Trinajstić information content (AvgIpc) is 2.38. The number of aliphatic carboxylic acids is 1. The number of aliphatic hydroxyl groups is 2. The van der Waals surface area contributed by atoms with E-state index < -0.39 is 23.3 Å². The van der Waals surface area contributed by atoms with E-state index in [1.54, 1.807) is 18.2 Å². The molecule has 0 saturated carbocycles. The van der Waals surface area contributed by atoms with Crippen LogP contribution in [-0.4, -0.2) is 32.7 Å². The van der Waals surface area contributed by atoms with Crippen LogP contribution in [0, 0.1) is 5.92 Å². The minimum Gasteiger partial charge on any atom is -0.508 e. The van der Waals surface area contributed by atoms with Crippen molar-refractivity contribution in [1.82, 2.24) is 0 Å². The molecule has 2 atom stereocenters. The van der Waals surface area contributed by atoms with Crippen molar-refractivity contribution in [1.29, 1.82) is 0 Å². The van der Waals surface area contributed by atoms with Gasteiger partial charge in [0, 0.05) is 5.56 Å². The van der Waals surface area contributed by atoms with Crippen LogP contribution in [0.2, 0.25) is 0 Å². The van der Waals surface area contributed by atoms with Crippen LogP contribution < -0.4 is 0 Å². The minimum atomic E-state index is -2.29. The molecule has 1 aliphatic rings. The monoisotopic (exact) mass is 260 g/mol. The quantitative estimate of drug-likeness (QED) is 0.712. The summed E-state index contributed by atoms with van der Waals surface area (Å²) >= 11 is 0. The van der Waals surface area contributed by atoms with Crippen LogP contribution in [0.25, 0.3) is 0 Å². The number of aliphatic hydroxyl groups excluding tert-OH is 1. The first-order valence-corrected chi connectivity index (χ1v) is 5.60. The van der Waals surface area contributed by atoms with E-state index in [2.05, 4.69) is 0 Å². The second-order valence-electron chi connectivity index (χ2n) is 4.26. The van der Waals surface area contributed by atoms with E-state index in [-0.39, 0.29) is 11.3 Å². The van der Waals surface area contributed by atoms with Crippen molar-refractivity contribution in [3.05, 3.63) is 59.9 Å². The van der Waals surface area contributed by atoms with Crippen LogP contribution in [0.3, 0.4) is 0 Å². The van der Waals surface area contributed by atoms with Crippen LogP contribution in [0.15, 0.2) is 54.3 Å². The van der Waals surface area contributed by atoms with Gasteiger partial charge in [-0.1, -0.05) is 36.4 Å². The Bertz CT molecular complexity index is 573. The zero-order chi connectivity index (χ0) is 14.0. The number of ketones is 1. The van der Waals surface area contributed by atoms with Gasteiger partial charge < -0.3 is 15.3 Å². The summed E-state index contributed by atoms with van der Waals surface area (Å²) in [7, 11) is 0. The van der Waals surface area contributed by atoms with Crippen molar-refractivity contribution in [3.63, 3.8) is 0 Å². The van der Waals surface area contributed by atoms with Crippen LogP contribution in [0.4, 0.5) is 0 Å². The second kappa shape index (κ2) is 4.70. The third kappa shape index (κ3) is 2.28. The minimum absolute atomic E-state index is 0.176. The highest BCUT2D eigenvalue weighted by molar-refractivity contribution is 6.06. The molecule has 0 aliphatic heterocycles. The third-order valence-electron chi connectivity index (χ3n) is 2.97. The van der Waals surface area contributed by atoms with Gasteiger partial charge in [0.25, 0.3) is 0 Å². The molecule has 98 valence electrons. The lowest BCUT2D eigenvalue weighted by Gasteiger charge is -2.30. The fraction of sp³-hybridized carbons (Fsp3) is 0.143. The summed E-state index contributed by atoms with van der Waals surface area (Å²) in [5.41, 5.74) is -2.11. The Morgan fingerprint density at radius 2 is 1.79 bits per heavy atom. The van der Waals surface area contributed by atoms with Crippen LogP contribution >= 0.6 is 0 Å². The lowest BCUT2D eigenvalue weighted by Crippen LogP contribution is -2.48. The summed E-state index contributed by atoms with van der Waals surface area (Å²) < 4.78 is 0. The predicted octanol–water partition coefficient (Wildman–Crippen LogP) is 1.31. The standard InChI is InChI=1S/C14H12O5/c15-10-6-7-11(13(17)18)14(19,8-10)12(16)9-4-2-1-3-5-9/h1-8,11,15,19H,(H,17,18)/t11-,14+/m1/s1. The number of Topliss-reactive ketones (excluding diaryl/α,β-unsaturated/α-hetero) is 1. The Morgan fingerprint density at radius 3 is 2.37 bits per heavy atom. The number of carbonyl (C=O) groups excluding carboxylic acids is 1. The maximum atomic E-state index is 12.3. The summed E-state index contributed by atoms with van der Waals surface area (Å²) in [5, 5.41) is 28.9. The predicted molar refractivity (Wildman–Crippen MR) is 66.7 cm³/mol. The first-order chi connectivity index (χ1) is 8.95. The van der Waals surface area contributed by atoms with Crippen LogP contribution in [0.1, 0.15) is 10.4 Å². The van der Waals surface area contributed by atoms with Crippen molar-refractivity contribution >= 4 is 11.8 Å². The van der Waals surface area contributed by atoms with Gasteiger partial charge in [0.1, 0.15) is 11.7 Å². The zero-order valence-corrected chi connectivity index (χ0v) is 9.85.